The van der Waals surface area contributed by atoms with Crippen molar-refractivity contribution in [3.05, 3.63) is 69.7 Å². The van der Waals surface area contributed by atoms with Crippen molar-refractivity contribution in [3.8, 4) is 22.6 Å². The Bertz CT molecular complexity index is 1270. The summed E-state index contributed by atoms with van der Waals surface area (Å²) in [6.45, 7) is 4.08. The zero-order valence-corrected chi connectivity index (χ0v) is 21.2. The number of nitrogens with zero attached hydrogens (tertiary/aromatic N) is 1. The predicted octanol–water partition coefficient (Wildman–Crippen LogP) is 6.63. The number of aromatic hydroxyl groups is 1. The Hall–Kier alpha value is -2.78. The molecule has 0 fully saturated rings. The van der Waals surface area contributed by atoms with Crippen molar-refractivity contribution in [1.29, 1.82) is 0 Å². The standard InChI is InChI=1S/C25H23BrF2N2O3S/c1-4-14-5-6-22-17(7-14)16-10-21(20(28)11-19(16)27)29-34-23-9-15(8-18(26)24(23)31)25(32)30(3)12-13(2)33-22/h5-11,13,29,31H,4,12H2,1-3H3. The van der Waals surface area contributed by atoms with Crippen LogP contribution in [0.4, 0.5) is 14.5 Å². The van der Waals surface area contributed by atoms with Crippen LogP contribution in [0.15, 0.2) is 51.8 Å². The van der Waals surface area contributed by atoms with E-state index in [-0.39, 0.29) is 29.5 Å². The van der Waals surface area contributed by atoms with Gasteiger partial charge in [-0.15, -0.1) is 0 Å². The highest BCUT2D eigenvalue weighted by molar-refractivity contribution is 9.10. The molecule has 1 amide bonds. The topological polar surface area (TPSA) is 61.8 Å². The number of halogens is 3. The molecule has 1 atom stereocenters. The van der Waals surface area contributed by atoms with Crippen molar-refractivity contribution in [2.45, 2.75) is 31.3 Å². The van der Waals surface area contributed by atoms with E-state index in [1.807, 2.05) is 26.0 Å². The maximum atomic E-state index is 15.0. The molecule has 178 valence electrons. The Morgan fingerprint density at radius 1 is 1.18 bits per heavy atom. The van der Waals surface area contributed by atoms with Gasteiger partial charge >= 0.3 is 0 Å². The fraction of sp³-hybridized carbons (Fsp3) is 0.240. The maximum Gasteiger partial charge on any atom is 0.253 e. The van der Waals surface area contributed by atoms with Crippen LogP contribution in [0.1, 0.15) is 29.8 Å². The number of nitrogens with one attached hydrogen (secondary N) is 1. The molecule has 9 heteroatoms. The first-order chi connectivity index (χ1) is 16.2. The van der Waals surface area contributed by atoms with Crippen LogP contribution >= 0.6 is 27.9 Å². The van der Waals surface area contributed by atoms with Gasteiger partial charge in [0, 0.05) is 29.8 Å². The van der Waals surface area contributed by atoms with E-state index in [0.29, 0.717) is 26.2 Å². The molecule has 0 saturated heterocycles. The Morgan fingerprint density at radius 3 is 2.68 bits per heavy atom. The van der Waals surface area contributed by atoms with Gasteiger partial charge in [0.25, 0.3) is 5.91 Å². The third kappa shape index (κ3) is 4.86. The minimum Gasteiger partial charge on any atom is -0.506 e. The maximum absolute atomic E-state index is 15.0. The highest BCUT2D eigenvalue weighted by Gasteiger charge is 2.22. The number of phenolic OH excluding ortho intramolecular Hbond substituents is 1. The van der Waals surface area contributed by atoms with Crippen molar-refractivity contribution in [3.63, 3.8) is 0 Å². The molecule has 3 aromatic rings. The SMILES string of the molecule is CCc1ccc2c(c1)-c1cc(c(F)cc1F)NSc1cc(cc(Br)c1O)C(=O)N(C)CC(C)O2. The molecule has 1 aliphatic rings. The smallest absolute Gasteiger partial charge is 0.253 e. The van der Waals surface area contributed by atoms with Crippen LogP contribution in [-0.4, -0.2) is 35.6 Å². The number of rotatable bonds is 1. The van der Waals surface area contributed by atoms with Crippen LogP contribution in [0, 0.1) is 11.6 Å². The third-order valence-corrected chi connectivity index (χ3v) is 7.01. The summed E-state index contributed by atoms with van der Waals surface area (Å²) in [5, 5.41) is 10.5. The van der Waals surface area contributed by atoms with Crippen LogP contribution in [0.2, 0.25) is 0 Å². The third-order valence-electron chi connectivity index (χ3n) is 5.55. The second kappa shape index (κ2) is 9.84. The van der Waals surface area contributed by atoms with Gasteiger partial charge in [-0.2, -0.15) is 0 Å². The van der Waals surface area contributed by atoms with Crippen LogP contribution in [-0.2, 0) is 6.42 Å². The molecule has 0 spiro atoms. The minimum absolute atomic E-state index is 0.0292. The molecule has 0 aromatic heterocycles. The van der Waals surface area contributed by atoms with Crippen molar-refractivity contribution < 1.29 is 23.4 Å². The van der Waals surface area contributed by atoms with Gasteiger partial charge in [0.15, 0.2) is 0 Å². The molecule has 0 radical (unpaired) electrons. The normalized spacial score (nSPS) is 16.1. The fourth-order valence-electron chi connectivity index (χ4n) is 3.77. The minimum atomic E-state index is -0.786. The Labute approximate surface area is 209 Å². The molecule has 4 rings (SSSR count). The number of carbonyl (C=O) groups excluding carboxylic acids is 1. The first-order valence-corrected chi connectivity index (χ1v) is 12.3. The second-order valence-corrected chi connectivity index (χ2v) is 9.82. The molecule has 34 heavy (non-hydrogen) atoms. The predicted molar refractivity (Wildman–Crippen MR) is 134 cm³/mol. The number of aryl methyl sites for hydroxylation is 1. The number of hydrogen-bond acceptors (Lipinski definition) is 5. The molecule has 5 nitrogen and oxygen atoms in total. The van der Waals surface area contributed by atoms with E-state index >= 15 is 0 Å². The lowest BCUT2D eigenvalue weighted by Gasteiger charge is -2.24. The molecule has 1 unspecified atom stereocenters. The quantitative estimate of drug-likeness (QED) is 0.334. The number of benzene rings is 3. The summed E-state index contributed by atoms with van der Waals surface area (Å²) in [7, 11) is 1.66. The molecule has 1 aliphatic heterocycles. The van der Waals surface area contributed by atoms with Crippen molar-refractivity contribution in [2.75, 3.05) is 18.3 Å². The number of hydrogen-bond donors (Lipinski definition) is 2. The summed E-state index contributed by atoms with van der Waals surface area (Å²) < 4.78 is 39.0. The van der Waals surface area contributed by atoms with E-state index in [1.165, 1.54) is 23.1 Å². The first-order valence-electron chi connectivity index (χ1n) is 10.7. The fourth-order valence-corrected chi connectivity index (χ4v) is 5.13. The lowest BCUT2D eigenvalue weighted by atomic mass is 9.99. The number of carbonyl (C=O) groups is 1. The number of ether oxygens (including phenoxy) is 1. The van der Waals surface area contributed by atoms with Crippen LogP contribution in [0.5, 0.6) is 11.5 Å². The average molecular weight is 549 g/mol. The summed E-state index contributed by atoms with van der Waals surface area (Å²) in [6, 6.07) is 10.8. The van der Waals surface area contributed by atoms with E-state index in [2.05, 4.69) is 20.7 Å². The van der Waals surface area contributed by atoms with Crippen molar-refractivity contribution >= 4 is 39.5 Å². The molecule has 0 saturated carbocycles. The average Bonchev–Trinajstić information content (AvgIpc) is 2.80. The summed E-state index contributed by atoms with van der Waals surface area (Å²) in [4.78, 5) is 14.9. The number of fused-ring (bicyclic) bond motifs is 6. The van der Waals surface area contributed by atoms with Gasteiger partial charge in [0.05, 0.1) is 21.6 Å². The van der Waals surface area contributed by atoms with E-state index in [9.17, 15) is 18.7 Å². The van der Waals surface area contributed by atoms with Gasteiger partial charge in [0.2, 0.25) is 0 Å². The summed E-state index contributed by atoms with van der Waals surface area (Å²) in [5.41, 5.74) is 2.01. The van der Waals surface area contributed by atoms with Gasteiger partial charge in [0.1, 0.15) is 29.2 Å². The lowest BCUT2D eigenvalue weighted by Crippen LogP contribution is -2.35. The summed E-state index contributed by atoms with van der Waals surface area (Å²) >= 11 is 4.20. The van der Waals surface area contributed by atoms with E-state index in [1.54, 1.807) is 13.1 Å². The van der Waals surface area contributed by atoms with Crippen LogP contribution in [0.25, 0.3) is 11.1 Å². The first kappa shape index (κ1) is 24.3. The number of anilines is 1. The Balaban J connectivity index is 1.89. The molecule has 2 N–H and O–H groups in total. The molecule has 3 aromatic carbocycles. The lowest BCUT2D eigenvalue weighted by molar-refractivity contribution is 0.0727. The van der Waals surface area contributed by atoms with Gasteiger partial charge < -0.3 is 19.5 Å². The molecule has 0 aliphatic carbocycles. The van der Waals surface area contributed by atoms with E-state index in [0.717, 1.165) is 30.0 Å². The number of phenols is 1. The number of amides is 1. The van der Waals surface area contributed by atoms with E-state index < -0.39 is 17.7 Å². The molecule has 1 heterocycles. The van der Waals surface area contributed by atoms with Gasteiger partial charge in [-0.05, 0) is 77.1 Å². The van der Waals surface area contributed by atoms with Crippen LogP contribution in [0.3, 0.4) is 0 Å². The molecular formula is C25H23BrF2N2O3S. The molecule has 4 bridgehead atoms. The zero-order chi connectivity index (χ0) is 24.6. The summed E-state index contributed by atoms with van der Waals surface area (Å²) in [5.74, 6) is -1.44. The second-order valence-electron chi connectivity index (χ2n) is 8.12. The molecular weight excluding hydrogens is 526 g/mol. The van der Waals surface area contributed by atoms with E-state index in [4.69, 9.17) is 4.74 Å². The Morgan fingerprint density at radius 2 is 1.94 bits per heavy atom. The van der Waals surface area contributed by atoms with Gasteiger partial charge in [-0.3, -0.25) is 4.79 Å². The Kier molecular flexibility index (Phi) is 7.04. The summed E-state index contributed by atoms with van der Waals surface area (Å²) in [6.07, 6.45) is 0.314. The number of likely N-dealkylation sites (N-methyl/N-ethyl adjacent to an activating group) is 1. The van der Waals surface area contributed by atoms with Crippen molar-refractivity contribution in [2.24, 2.45) is 0 Å². The highest BCUT2D eigenvalue weighted by atomic mass is 79.9. The zero-order valence-electron chi connectivity index (χ0n) is 18.8. The monoisotopic (exact) mass is 548 g/mol. The highest BCUT2D eigenvalue weighted by Crippen LogP contribution is 2.40. The van der Waals surface area contributed by atoms with Gasteiger partial charge in [-0.25, -0.2) is 8.78 Å². The van der Waals surface area contributed by atoms with Crippen LogP contribution < -0.4 is 9.46 Å². The van der Waals surface area contributed by atoms with Crippen molar-refractivity contribution in [1.82, 2.24) is 4.90 Å². The van der Waals surface area contributed by atoms with Gasteiger partial charge in [-0.1, -0.05) is 13.0 Å². The largest absolute Gasteiger partial charge is 0.506 e.